The van der Waals surface area contributed by atoms with Gasteiger partial charge in [0.2, 0.25) is 5.88 Å². The van der Waals surface area contributed by atoms with Gasteiger partial charge in [0.05, 0.1) is 20.5 Å². The molecule has 0 fully saturated rings. The standard InChI is InChI=1S/C16H17N5O3/c1-22-14-8-13(17-16(18-14)23-2)21-6-5-11-10(9-21)15(20-19-11)12-4-3-7-24-12/h3-4,7-8H,5-6,9H2,1-2H3,(H,19,20). The van der Waals surface area contributed by atoms with Crippen molar-refractivity contribution in [1.82, 2.24) is 20.2 Å². The van der Waals surface area contributed by atoms with Gasteiger partial charge in [0.25, 0.3) is 0 Å². The minimum absolute atomic E-state index is 0.286. The van der Waals surface area contributed by atoms with Crippen LogP contribution in [-0.2, 0) is 13.0 Å². The zero-order chi connectivity index (χ0) is 16.5. The first kappa shape index (κ1) is 14.6. The summed E-state index contributed by atoms with van der Waals surface area (Å²) >= 11 is 0. The van der Waals surface area contributed by atoms with E-state index >= 15 is 0 Å². The maximum Gasteiger partial charge on any atom is 0.321 e. The van der Waals surface area contributed by atoms with Crippen molar-refractivity contribution in [1.29, 1.82) is 0 Å². The van der Waals surface area contributed by atoms with E-state index in [1.165, 1.54) is 7.11 Å². The number of aromatic amines is 1. The average molecular weight is 327 g/mol. The Hall–Kier alpha value is -3.03. The number of nitrogens with one attached hydrogen (secondary N) is 1. The van der Waals surface area contributed by atoms with Crippen LogP contribution in [0.1, 0.15) is 11.3 Å². The van der Waals surface area contributed by atoms with Crippen LogP contribution in [0.15, 0.2) is 28.9 Å². The SMILES string of the molecule is COc1cc(N2CCc3[nH]nc(-c4ccco4)c3C2)nc(OC)n1. The van der Waals surface area contributed by atoms with Crippen molar-refractivity contribution in [3.63, 3.8) is 0 Å². The maximum atomic E-state index is 5.49. The fourth-order valence-electron chi connectivity index (χ4n) is 2.86. The summed E-state index contributed by atoms with van der Waals surface area (Å²) in [6.07, 6.45) is 2.49. The molecular weight excluding hydrogens is 310 g/mol. The first-order valence-corrected chi connectivity index (χ1v) is 7.60. The fraction of sp³-hybridized carbons (Fsp3) is 0.312. The van der Waals surface area contributed by atoms with Crippen molar-refractivity contribution >= 4 is 5.82 Å². The average Bonchev–Trinajstić information content (AvgIpc) is 3.29. The van der Waals surface area contributed by atoms with Crippen molar-refractivity contribution in [3.8, 4) is 23.3 Å². The Bertz CT molecular complexity index is 821. The molecule has 0 unspecified atom stereocenters. The molecule has 0 saturated heterocycles. The van der Waals surface area contributed by atoms with Gasteiger partial charge >= 0.3 is 6.01 Å². The molecule has 24 heavy (non-hydrogen) atoms. The molecule has 0 atom stereocenters. The van der Waals surface area contributed by atoms with Gasteiger partial charge in [0.1, 0.15) is 11.5 Å². The van der Waals surface area contributed by atoms with Crippen LogP contribution >= 0.6 is 0 Å². The maximum absolute atomic E-state index is 5.49. The van der Waals surface area contributed by atoms with E-state index in [1.54, 1.807) is 19.4 Å². The lowest BCUT2D eigenvalue weighted by molar-refractivity contribution is 0.352. The van der Waals surface area contributed by atoms with Crippen LogP contribution in [0.4, 0.5) is 5.82 Å². The molecule has 0 spiro atoms. The van der Waals surface area contributed by atoms with E-state index in [4.69, 9.17) is 13.9 Å². The van der Waals surface area contributed by atoms with Crippen LogP contribution < -0.4 is 14.4 Å². The number of hydrogen-bond acceptors (Lipinski definition) is 7. The second-order valence-corrected chi connectivity index (χ2v) is 5.43. The van der Waals surface area contributed by atoms with E-state index < -0.39 is 0 Å². The van der Waals surface area contributed by atoms with Gasteiger partial charge in [-0.15, -0.1) is 0 Å². The number of methoxy groups -OCH3 is 2. The molecule has 0 radical (unpaired) electrons. The number of rotatable bonds is 4. The van der Waals surface area contributed by atoms with Crippen molar-refractivity contribution < 1.29 is 13.9 Å². The summed E-state index contributed by atoms with van der Waals surface area (Å²) < 4.78 is 15.9. The molecule has 1 N–H and O–H groups in total. The second-order valence-electron chi connectivity index (χ2n) is 5.43. The molecule has 0 aliphatic carbocycles. The lowest BCUT2D eigenvalue weighted by atomic mass is 10.0. The first-order valence-electron chi connectivity index (χ1n) is 7.60. The molecule has 3 aromatic rings. The summed E-state index contributed by atoms with van der Waals surface area (Å²) in [6.45, 7) is 1.49. The number of aromatic nitrogens is 4. The van der Waals surface area contributed by atoms with Gasteiger partial charge in [-0.1, -0.05) is 0 Å². The number of H-pyrrole nitrogens is 1. The third-order valence-corrected chi connectivity index (χ3v) is 4.07. The molecule has 124 valence electrons. The van der Waals surface area contributed by atoms with Crippen LogP contribution in [0.25, 0.3) is 11.5 Å². The third-order valence-electron chi connectivity index (χ3n) is 4.07. The predicted octanol–water partition coefficient (Wildman–Crippen LogP) is 2.04. The van der Waals surface area contributed by atoms with Crippen LogP contribution in [0, 0.1) is 0 Å². The van der Waals surface area contributed by atoms with Crippen LogP contribution in [0.5, 0.6) is 11.9 Å². The summed E-state index contributed by atoms with van der Waals surface area (Å²) in [4.78, 5) is 10.7. The first-order chi connectivity index (χ1) is 11.8. The molecule has 1 aliphatic heterocycles. The van der Waals surface area contributed by atoms with E-state index in [0.717, 1.165) is 41.5 Å². The molecule has 1 aliphatic rings. The normalized spacial score (nSPS) is 13.7. The Labute approximate surface area is 138 Å². The summed E-state index contributed by atoms with van der Waals surface area (Å²) in [5, 5.41) is 7.52. The Balaban J connectivity index is 1.68. The highest BCUT2D eigenvalue weighted by Gasteiger charge is 2.25. The van der Waals surface area contributed by atoms with Gasteiger partial charge in [-0.25, -0.2) is 0 Å². The largest absolute Gasteiger partial charge is 0.481 e. The quantitative estimate of drug-likeness (QED) is 0.784. The Morgan fingerprint density at radius 1 is 1.25 bits per heavy atom. The van der Waals surface area contributed by atoms with E-state index in [9.17, 15) is 0 Å². The Morgan fingerprint density at radius 3 is 2.92 bits per heavy atom. The molecule has 0 bridgehead atoms. The van der Waals surface area contributed by atoms with Crippen molar-refractivity contribution in [3.05, 3.63) is 35.7 Å². The molecule has 4 heterocycles. The van der Waals surface area contributed by atoms with Crippen LogP contribution in [0.2, 0.25) is 0 Å². The number of ether oxygens (including phenoxy) is 2. The molecule has 0 aromatic carbocycles. The number of fused-ring (bicyclic) bond motifs is 1. The Kier molecular flexibility index (Phi) is 3.56. The zero-order valence-corrected chi connectivity index (χ0v) is 13.4. The van der Waals surface area contributed by atoms with E-state index in [0.29, 0.717) is 12.4 Å². The van der Waals surface area contributed by atoms with E-state index in [2.05, 4.69) is 25.1 Å². The lowest BCUT2D eigenvalue weighted by Crippen LogP contribution is -2.31. The number of anilines is 1. The summed E-state index contributed by atoms with van der Waals surface area (Å²) in [7, 11) is 3.11. The lowest BCUT2D eigenvalue weighted by Gasteiger charge is -2.28. The molecule has 0 amide bonds. The summed E-state index contributed by atoms with van der Waals surface area (Å²) in [5.74, 6) is 1.99. The Morgan fingerprint density at radius 2 is 2.17 bits per heavy atom. The molecule has 4 rings (SSSR count). The van der Waals surface area contributed by atoms with Gasteiger partial charge in [0.15, 0.2) is 5.76 Å². The van der Waals surface area contributed by atoms with Gasteiger partial charge in [-0.05, 0) is 12.1 Å². The van der Waals surface area contributed by atoms with E-state index in [1.807, 2.05) is 12.1 Å². The minimum Gasteiger partial charge on any atom is -0.481 e. The summed E-state index contributed by atoms with van der Waals surface area (Å²) in [6, 6.07) is 5.86. The molecular formula is C16H17N5O3. The molecule has 0 saturated carbocycles. The van der Waals surface area contributed by atoms with Gasteiger partial charge < -0.3 is 18.8 Å². The highest BCUT2D eigenvalue weighted by Crippen LogP contribution is 2.31. The van der Waals surface area contributed by atoms with Crippen molar-refractivity contribution in [2.45, 2.75) is 13.0 Å². The molecule has 8 heteroatoms. The topological polar surface area (TPSA) is 89.3 Å². The predicted molar refractivity (Wildman–Crippen MR) is 86.2 cm³/mol. The monoisotopic (exact) mass is 327 g/mol. The van der Waals surface area contributed by atoms with Gasteiger partial charge in [-0.2, -0.15) is 15.1 Å². The second kappa shape index (κ2) is 5.88. The number of furan rings is 1. The number of hydrogen-bond donors (Lipinski definition) is 1. The fourth-order valence-corrected chi connectivity index (χ4v) is 2.86. The molecule has 8 nitrogen and oxygen atoms in total. The highest BCUT2D eigenvalue weighted by atomic mass is 16.5. The smallest absolute Gasteiger partial charge is 0.321 e. The zero-order valence-electron chi connectivity index (χ0n) is 13.4. The van der Waals surface area contributed by atoms with Gasteiger partial charge in [0, 0.05) is 36.8 Å². The summed E-state index contributed by atoms with van der Waals surface area (Å²) in [5.41, 5.74) is 3.09. The number of nitrogens with zero attached hydrogens (tertiary/aromatic N) is 4. The van der Waals surface area contributed by atoms with Gasteiger partial charge in [-0.3, -0.25) is 5.10 Å². The minimum atomic E-state index is 0.286. The van der Waals surface area contributed by atoms with Crippen LogP contribution in [0.3, 0.4) is 0 Å². The third kappa shape index (κ3) is 2.45. The van der Waals surface area contributed by atoms with Crippen LogP contribution in [-0.4, -0.2) is 40.9 Å². The van der Waals surface area contributed by atoms with Crippen molar-refractivity contribution in [2.75, 3.05) is 25.7 Å². The highest BCUT2D eigenvalue weighted by molar-refractivity contribution is 5.60. The van der Waals surface area contributed by atoms with E-state index in [-0.39, 0.29) is 6.01 Å². The molecule has 3 aromatic heterocycles. The van der Waals surface area contributed by atoms with Crippen molar-refractivity contribution in [2.24, 2.45) is 0 Å².